The number of aliphatic hydroxyl groups is 1. The number of hydrogen-bond acceptors (Lipinski definition) is 4. The number of carbonyl (C=O) groups excluding carboxylic acids is 1. The van der Waals surface area contributed by atoms with Crippen LogP contribution in [0.25, 0.3) is 0 Å². The first kappa shape index (κ1) is 12.8. The summed E-state index contributed by atoms with van der Waals surface area (Å²) in [4.78, 5) is 22.0. The number of nitro groups is 1. The first-order chi connectivity index (χ1) is 8.47. The van der Waals surface area contributed by atoms with E-state index in [2.05, 4.69) is 5.32 Å². The van der Waals surface area contributed by atoms with Gasteiger partial charge in [-0.3, -0.25) is 14.9 Å². The molecule has 0 aliphatic heterocycles. The molecular weight excluding hydrogens is 260 g/mol. The van der Waals surface area contributed by atoms with E-state index in [0.717, 1.165) is 6.07 Å². The van der Waals surface area contributed by atoms with Crippen molar-refractivity contribution in [2.45, 2.75) is 25.0 Å². The summed E-state index contributed by atoms with van der Waals surface area (Å²) in [6.07, 6.45) is 0.566. The van der Waals surface area contributed by atoms with E-state index in [1.165, 1.54) is 12.1 Å². The van der Waals surface area contributed by atoms with Crippen LogP contribution >= 0.6 is 11.6 Å². The number of halogens is 1. The Morgan fingerprint density at radius 2 is 2.17 bits per heavy atom. The second-order valence-electron chi connectivity index (χ2n) is 4.21. The molecule has 18 heavy (non-hydrogen) atoms. The maximum atomic E-state index is 11.9. The maximum Gasteiger partial charge on any atom is 0.283 e. The summed E-state index contributed by atoms with van der Waals surface area (Å²) in [5, 5.41) is 22.8. The molecule has 0 radical (unpaired) electrons. The highest BCUT2D eigenvalue weighted by atomic mass is 35.5. The molecule has 0 aromatic heterocycles. The SMILES string of the molecule is O=C(NC1CC(O)C1)c1ccc(Cl)cc1[N+](=O)[O-]. The first-order valence-corrected chi connectivity index (χ1v) is 5.78. The molecule has 7 heteroatoms. The van der Waals surface area contributed by atoms with Gasteiger partial charge in [0.25, 0.3) is 11.6 Å². The van der Waals surface area contributed by atoms with E-state index >= 15 is 0 Å². The van der Waals surface area contributed by atoms with Crippen molar-refractivity contribution in [3.05, 3.63) is 38.9 Å². The highest BCUT2D eigenvalue weighted by molar-refractivity contribution is 6.31. The molecule has 96 valence electrons. The van der Waals surface area contributed by atoms with Gasteiger partial charge in [0.05, 0.1) is 11.0 Å². The smallest absolute Gasteiger partial charge is 0.283 e. The molecule has 0 atom stereocenters. The molecular formula is C11H11ClN2O4. The summed E-state index contributed by atoms with van der Waals surface area (Å²) in [5.41, 5.74) is -0.342. The number of hydrogen-bond donors (Lipinski definition) is 2. The lowest BCUT2D eigenvalue weighted by Crippen LogP contribution is -2.46. The van der Waals surface area contributed by atoms with Crippen LogP contribution in [0.1, 0.15) is 23.2 Å². The lowest BCUT2D eigenvalue weighted by molar-refractivity contribution is -0.385. The van der Waals surface area contributed by atoms with Crippen molar-refractivity contribution in [2.75, 3.05) is 0 Å². The third kappa shape index (κ3) is 2.60. The van der Waals surface area contributed by atoms with Crippen molar-refractivity contribution in [1.29, 1.82) is 0 Å². The van der Waals surface area contributed by atoms with E-state index in [1.54, 1.807) is 0 Å². The van der Waals surface area contributed by atoms with Gasteiger partial charge < -0.3 is 10.4 Å². The average Bonchev–Trinajstić information content (AvgIpc) is 2.26. The highest BCUT2D eigenvalue weighted by Gasteiger charge is 2.30. The van der Waals surface area contributed by atoms with Gasteiger partial charge in [-0.1, -0.05) is 11.6 Å². The first-order valence-electron chi connectivity index (χ1n) is 5.40. The molecule has 1 aliphatic carbocycles. The number of nitrogens with zero attached hydrogens (tertiary/aromatic N) is 1. The summed E-state index contributed by atoms with van der Waals surface area (Å²) in [5.74, 6) is -0.518. The number of rotatable bonds is 3. The molecule has 2 rings (SSSR count). The van der Waals surface area contributed by atoms with Crippen molar-refractivity contribution in [3.63, 3.8) is 0 Å². The van der Waals surface area contributed by atoms with Crippen LogP contribution in [0.2, 0.25) is 5.02 Å². The Hall–Kier alpha value is -1.66. The Morgan fingerprint density at radius 3 is 2.72 bits per heavy atom. The van der Waals surface area contributed by atoms with Crippen molar-refractivity contribution in [3.8, 4) is 0 Å². The standard InChI is InChI=1S/C11H11ClN2O4/c12-6-1-2-9(10(3-6)14(17)18)11(16)13-7-4-8(15)5-7/h1-3,7-8,15H,4-5H2,(H,13,16). The monoisotopic (exact) mass is 270 g/mol. The van der Waals surface area contributed by atoms with Gasteiger partial charge in [-0.25, -0.2) is 0 Å². The van der Waals surface area contributed by atoms with Crippen molar-refractivity contribution in [2.24, 2.45) is 0 Å². The van der Waals surface area contributed by atoms with E-state index in [1.807, 2.05) is 0 Å². The van der Waals surface area contributed by atoms with Gasteiger partial charge in [0.15, 0.2) is 0 Å². The molecule has 0 saturated heterocycles. The number of benzene rings is 1. The quantitative estimate of drug-likeness (QED) is 0.643. The fourth-order valence-electron chi connectivity index (χ4n) is 1.82. The van der Waals surface area contributed by atoms with Gasteiger partial charge in [-0.15, -0.1) is 0 Å². The molecule has 0 bridgehead atoms. The average molecular weight is 271 g/mol. The lowest BCUT2D eigenvalue weighted by atomic mass is 9.89. The third-order valence-corrected chi connectivity index (χ3v) is 3.08. The molecule has 0 heterocycles. The highest BCUT2D eigenvalue weighted by Crippen LogP contribution is 2.25. The predicted octanol–water partition coefficient (Wildman–Crippen LogP) is 1.50. The number of amides is 1. The van der Waals surface area contributed by atoms with Gasteiger partial charge in [-0.2, -0.15) is 0 Å². The fourth-order valence-corrected chi connectivity index (χ4v) is 1.98. The second kappa shape index (κ2) is 4.91. The fraction of sp³-hybridized carbons (Fsp3) is 0.364. The molecule has 1 aromatic rings. The Balaban J connectivity index is 2.16. The minimum Gasteiger partial charge on any atom is -0.393 e. The largest absolute Gasteiger partial charge is 0.393 e. The topological polar surface area (TPSA) is 92.5 Å². The Kier molecular flexibility index (Phi) is 3.49. The van der Waals surface area contributed by atoms with Crippen molar-refractivity contribution >= 4 is 23.2 Å². The van der Waals surface area contributed by atoms with E-state index in [4.69, 9.17) is 16.7 Å². The predicted molar refractivity (Wildman–Crippen MR) is 64.6 cm³/mol. The van der Waals surface area contributed by atoms with Gasteiger partial charge in [-0.05, 0) is 25.0 Å². The van der Waals surface area contributed by atoms with Crippen LogP contribution in [-0.4, -0.2) is 28.1 Å². The maximum absolute atomic E-state index is 11.9. The summed E-state index contributed by atoms with van der Waals surface area (Å²) >= 11 is 5.66. The van der Waals surface area contributed by atoms with E-state index in [0.29, 0.717) is 12.8 Å². The summed E-state index contributed by atoms with van der Waals surface area (Å²) in [7, 11) is 0. The minimum atomic E-state index is -0.642. The van der Waals surface area contributed by atoms with Crippen molar-refractivity contribution in [1.82, 2.24) is 5.32 Å². The molecule has 1 amide bonds. The minimum absolute atomic E-state index is 0.0224. The number of aliphatic hydroxyl groups excluding tert-OH is 1. The molecule has 1 aromatic carbocycles. The van der Waals surface area contributed by atoms with Crippen LogP contribution in [0.3, 0.4) is 0 Å². The Morgan fingerprint density at radius 1 is 1.50 bits per heavy atom. The van der Waals surface area contributed by atoms with Gasteiger partial charge in [0.2, 0.25) is 0 Å². The van der Waals surface area contributed by atoms with Crippen LogP contribution in [-0.2, 0) is 0 Å². The molecule has 1 aliphatic rings. The van der Waals surface area contributed by atoms with Crippen LogP contribution < -0.4 is 5.32 Å². The number of nitro benzene ring substituents is 1. The van der Waals surface area contributed by atoms with E-state index in [-0.39, 0.29) is 22.3 Å². The molecule has 0 spiro atoms. The van der Waals surface area contributed by atoms with Gasteiger partial charge in [0, 0.05) is 17.1 Å². The summed E-state index contributed by atoms with van der Waals surface area (Å²) in [6, 6.07) is 3.78. The number of nitrogens with one attached hydrogen (secondary N) is 1. The molecule has 6 nitrogen and oxygen atoms in total. The summed E-state index contributed by atoms with van der Waals surface area (Å²) < 4.78 is 0. The zero-order valence-electron chi connectivity index (χ0n) is 9.30. The third-order valence-electron chi connectivity index (χ3n) is 2.85. The van der Waals surface area contributed by atoms with Crippen LogP contribution in [0.5, 0.6) is 0 Å². The van der Waals surface area contributed by atoms with Crippen LogP contribution in [0.15, 0.2) is 18.2 Å². The molecule has 1 saturated carbocycles. The van der Waals surface area contributed by atoms with E-state index in [9.17, 15) is 14.9 Å². The van der Waals surface area contributed by atoms with Crippen molar-refractivity contribution < 1.29 is 14.8 Å². The molecule has 2 N–H and O–H groups in total. The molecule has 0 unspecified atom stereocenters. The zero-order chi connectivity index (χ0) is 13.3. The second-order valence-corrected chi connectivity index (χ2v) is 4.65. The van der Waals surface area contributed by atoms with Crippen LogP contribution in [0.4, 0.5) is 5.69 Å². The Labute approximate surface area is 108 Å². The molecule has 1 fully saturated rings. The zero-order valence-corrected chi connectivity index (χ0v) is 10.1. The van der Waals surface area contributed by atoms with Gasteiger partial charge >= 0.3 is 0 Å². The van der Waals surface area contributed by atoms with E-state index < -0.39 is 16.9 Å². The normalized spacial score (nSPS) is 22.1. The number of carbonyl (C=O) groups is 1. The van der Waals surface area contributed by atoms with Crippen LogP contribution in [0, 0.1) is 10.1 Å². The summed E-state index contributed by atoms with van der Waals surface area (Å²) in [6.45, 7) is 0. The Bertz CT molecular complexity index is 500. The van der Waals surface area contributed by atoms with Gasteiger partial charge in [0.1, 0.15) is 5.56 Å². The lowest BCUT2D eigenvalue weighted by Gasteiger charge is -2.31.